The third-order valence-electron chi connectivity index (χ3n) is 12.1. The first kappa shape index (κ1) is 61.3. The SMILES string of the molecule is CC/C=C/C=C/C=C/CCCCCCCCCC(=O)OC(CCCCCC/C=C\C/C=C\C/C=C\CCCCC)CC(=O)NC(CO)C(O)CCCCCCCCCCCCCCC. The highest BCUT2D eigenvalue weighted by molar-refractivity contribution is 5.77. The number of hydrogen-bond acceptors (Lipinski definition) is 5. The quantitative estimate of drug-likeness (QED) is 0.0245. The van der Waals surface area contributed by atoms with Gasteiger partial charge in [0.1, 0.15) is 6.10 Å². The Kier molecular flexibility index (Phi) is 49.1. The van der Waals surface area contributed by atoms with Crippen molar-refractivity contribution in [3.63, 3.8) is 0 Å². The first-order chi connectivity index (χ1) is 31.5. The molecule has 0 spiro atoms. The lowest BCUT2D eigenvalue weighted by Gasteiger charge is -2.24. The van der Waals surface area contributed by atoms with E-state index in [9.17, 15) is 19.8 Å². The maximum Gasteiger partial charge on any atom is 0.306 e. The predicted molar refractivity (Wildman–Crippen MR) is 278 cm³/mol. The van der Waals surface area contributed by atoms with E-state index in [0.29, 0.717) is 19.3 Å². The monoisotopic (exact) mass is 894 g/mol. The molecule has 0 rings (SSSR count). The molecule has 0 saturated carbocycles. The van der Waals surface area contributed by atoms with Gasteiger partial charge in [0.25, 0.3) is 0 Å². The lowest BCUT2D eigenvalue weighted by molar-refractivity contribution is -0.151. The van der Waals surface area contributed by atoms with Gasteiger partial charge >= 0.3 is 5.97 Å². The molecule has 0 radical (unpaired) electrons. The van der Waals surface area contributed by atoms with Gasteiger partial charge in [0, 0.05) is 6.42 Å². The van der Waals surface area contributed by atoms with Crippen LogP contribution in [0, 0.1) is 0 Å². The maximum absolute atomic E-state index is 13.2. The topological polar surface area (TPSA) is 95.9 Å². The minimum atomic E-state index is -0.799. The predicted octanol–water partition coefficient (Wildman–Crippen LogP) is 16.6. The zero-order valence-electron chi connectivity index (χ0n) is 42.1. The smallest absolute Gasteiger partial charge is 0.306 e. The van der Waals surface area contributed by atoms with Gasteiger partial charge in [-0.15, -0.1) is 0 Å². The van der Waals surface area contributed by atoms with Crippen molar-refractivity contribution in [3.05, 3.63) is 72.9 Å². The van der Waals surface area contributed by atoms with Crippen molar-refractivity contribution < 1.29 is 24.5 Å². The van der Waals surface area contributed by atoms with Gasteiger partial charge in [-0.2, -0.15) is 0 Å². The number of unbranched alkanes of at least 4 members (excludes halogenated alkanes) is 26. The second-order valence-electron chi connectivity index (χ2n) is 18.3. The molecular formula is C58H103NO5. The first-order valence-corrected chi connectivity index (χ1v) is 27.2. The molecule has 0 fully saturated rings. The number of ether oxygens (including phenoxy) is 1. The molecule has 0 bridgehead atoms. The minimum absolute atomic E-state index is 0.0555. The van der Waals surface area contributed by atoms with Crippen molar-refractivity contribution in [1.29, 1.82) is 0 Å². The Balaban J connectivity index is 4.65. The number of carbonyl (C=O) groups is 2. The summed E-state index contributed by atoms with van der Waals surface area (Å²) in [6.45, 7) is 6.33. The number of aliphatic hydroxyl groups is 2. The standard InChI is InChI=1S/C58H103NO5/c1-4-7-10-13-16-19-22-25-27-28-30-32-34-37-40-43-46-49-54(64-58(63)51-48-45-42-39-36-33-29-26-23-20-17-14-11-8-5-2)52-57(62)59-55(53-60)56(61)50-47-44-41-38-35-31-24-21-18-15-12-9-6-3/h8,11,14,16-17,19-20,23,25,27,30,32,54-56,60-61H,4-7,9-10,12-13,15,18,21-22,24,26,28-29,31,33-53H2,1-3H3,(H,59,62)/b11-8+,17-14+,19-16-,23-20+,27-25-,32-30-. The highest BCUT2D eigenvalue weighted by atomic mass is 16.5. The number of hydrogen-bond donors (Lipinski definition) is 3. The summed E-state index contributed by atoms with van der Waals surface area (Å²) < 4.78 is 5.94. The van der Waals surface area contributed by atoms with Crippen LogP contribution < -0.4 is 5.32 Å². The Morgan fingerprint density at radius 1 is 0.484 bits per heavy atom. The van der Waals surface area contributed by atoms with Gasteiger partial charge < -0.3 is 20.3 Å². The van der Waals surface area contributed by atoms with Crippen LogP contribution >= 0.6 is 0 Å². The molecule has 6 heteroatoms. The van der Waals surface area contributed by atoms with Gasteiger partial charge in [0.15, 0.2) is 0 Å². The molecule has 0 heterocycles. The van der Waals surface area contributed by atoms with E-state index in [0.717, 1.165) is 96.3 Å². The molecule has 3 atom stereocenters. The summed E-state index contributed by atoms with van der Waals surface area (Å²) in [4.78, 5) is 26.2. The van der Waals surface area contributed by atoms with Crippen LogP contribution in [0.25, 0.3) is 0 Å². The number of amides is 1. The van der Waals surface area contributed by atoms with E-state index in [4.69, 9.17) is 4.74 Å². The number of carbonyl (C=O) groups excluding carboxylic acids is 2. The van der Waals surface area contributed by atoms with Crippen LogP contribution in [0.4, 0.5) is 0 Å². The molecule has 1 amide bonds. The summed E-state index contributed by atoms with van der Waals surface area (Å²) in [5.74, 6) is -0.508. The number of rotatable bonds is 48. The normalized spacial score (nSPS) is 13.8. The van der Waals surface area contributed by atoms with Gasteiger partial charge in [0.05, 0.1) is 25.2 Å². The zero-order valence-corrected chi connectivity index (χ0v) is 42.1. The average Bonchev–Trinajstić information content (AvgIpc) is 3.29. The van der Waals surface area contributed by atoms with E-state index in [2.05, 4.69) is 99.0 Å². The summed E-state index contributed by atoms with van der Waals surface area (Å²) in [5, 5.41) is 23.8. The number of esters is 1. The van der Waals surface area contributed by atoms with Crippen LogP contribution in [-0.2, 0) is 14.3 Å². The van der Waals surface area contributed by atoms with Crippen molar-refractivity contribution in [2.24, 2.45) is 0 Å². The summed E-state index contributed by atoms with van der Waals surface area (Å²) in [6.07, 6.45) is 65.3. The highest BCUT2D eigenvalue weighted by Crippen LogP contribution is 2.18. The lowest BCUT2D eigenvalue weighted by atomic mass is 10.0. The molecule has 64 heavy (non-hydrogen) atoms. The molecule has 370 valence electrons. The molecule has 0 aliphatic heterocycles. The molecule has 0 saturated heterocycles. The van der Waals surface area contributed by atoms with Crippen LogP contribution in [0.2, 0.25) is 0 Å². The van der Waals surface area contributed by atoms with Gasteiger partial charge in [-0.1, -0.05) is 235 Å². The Labute approximate surface area is 396 Å². The maximum atomic E-state index is 13.2. The Hall–Kier alpha value is -2.70. The molecule has 0 aromatic carbocycles. The molecule has 6 nitrogen and oxygen atoms in total. The molecular weight excluding hydrogens is 791 g/mol. The molecule has 3 N–H and O–H groups in total. The third-order valence-corrected chi connectivity index (χ3v) is 12.1. The molecule has 3 unspecified atom stereocenters. The largest absolute Gasteiger partial charge is 0.462 e. The van der Waals surface area contributed by atoms with Crippen LogP contribution in [0.1, 0.15) is 258 Å². The fourth-order valence-electron chi connectivity index (χ4n) is 7.97. The van der Waals surface area contributed by atoms with E-state index in [1.807, 2.05) is 0 Å². The van der Waals surface area contributed by atoms with Gasteiger partial charge in [0.2, 0.25) is 5.91 Å². The molecule has 0 aliphatic carbocycles. The van der Waals surface area contributed by atoms with Crippen LogP contribution in [-0.4, -0.2) is 46.9 Å². The Morgan fingerprint density at radius 2 is 0.906 bits per heavy atom. The fraction of sp³-hybridized carbons (Fsp3) is 0.759. The zero-order chi connectivity index (χ0) is 46.7. The van der Waals surface area contributed by atoms with E-state index in [-0.39, 0.29) is 24.9 Å². The minimum Gasteiger partial charge on any atom is -0.462 e. The van der Waals surface area contributed by atoms with E-state index >= 15 is 0 Å². The van der Waals surface area contributed by atoms with E-state index < -0.39 is 18.2 Å². The van der Waals surface area contributed by atoms with Crippen LogP contribution in [0.3, 0.4) is 0 Å². The molecule has 0 aromatic rings. The Morgan fingerprint density at radius 3 is 1.44 bits per heavy atom. The van der Waals surface area contributed by atoms with Crippen molar-refractivity contribution >= 4 is 11.9 Å². The summed E-state index contributed by atoms with van der Waals surface area (Å²) in [5.41, 5.74) is 0. The first-order valence-electron chi connectivity index (χ1n) is 27.2. The number of nitrogens with one attached hydrogen (secondary N) is 1. The number of allylic oxidation sites excluding steroid dienone is 12. The van der Waals surface area contributed by atoms with Gasteiger partial charge in [-0.25, -0.2) is 0 Å². The van der Waals surface area contributed by atoms with Crippen molar-refractivity contribution in [2.45, 2.75) is 277 Å². The van der Waals surface area contributed by atoms with Gasteiger partial charge in [-0.3, -0.25) is 9.59 Å². The second kappa shape index (κ2) is 51.3. The second-order valence-corrected chi connectivity index (χ2v) is 18.3. The van der Waals surface area contributed by atoms with Crippen molar-refractivity contribution in [3.8, 4) is 0 Å². The third kappa shape index (κ3) is 45.9. The lowest BCUT2D eigenvalue weighted by Crippen LogP contribution is -2.46. The van der Waals surface area contributed by atoms with Crippen molar-refractivity contribution in [2.75, 3.05) is 6.61 Å². The summed E-state index contributed by atoms with van der Waals surface area (Å²) in [7, 11) is 0. The van der Waals surface area contributed by atoms with Crippen LogP contribution in [0.5, 0.6) is 0 Å². The van der Waals surface area contributed by atoms with E-state index in [1.54, 1.807) is 0 Å². The van der Waals surface area contributed by atoms with Gasteiger partial charge in [-0.05, 0) is 83.5 Å². The molecule has 0 aromatic heterocycles. The fourth-order valence-corrected chi connectivity index (χ4v) is 7.97. The average molecular weight is 894 g/mol. The number of aliphatic hydroxyl groups excluding tert-OH is 2. The summed E-state index contributed by atoms with van der Waals surface area (Å²) >= 11 is 0. The highest BCUT2D eigenvalue weighted by Gasteiger charge is 2.24. The van der Waals surface area contributed by atoms with Crippen molar-refractivity contribution in [1.82, 2.24) is 5.32 Å². The van der Waals surface area contributed by atoms with Crippen LogP contribution in [0.15, 0.2) is 72.9 Å². The molecule has 0 aliphatic rings. The Bertz CT molecular complexity index is 1190. The summed E-state index contributed by atoms with van der Waals surface area (Å²) in [6, 6.07) is -0.714. The van der Waals surface area contributed by atoms with E-state index in [1.165, 1.54) is 116 Å².